The topological polar surface area (TPSA) is 34.1 Å². The van der Waals surface area contributed by atoms with Gasteiger partial charge in [0.2, 0.25) is 0 Å². The maximum Gasteiger partial charge on any atom is 0.197 e. The highest BCUT2D eigenvalue weighted by Gasteiger charge is 2.32. The van der Waals surface area contributed by atoms with Gasteiger partial charge in [0.1, 0.15) is 0 Å². The summed E-state index contributed by atoms with van der Waals surface area (Å²) in [7, 11) is 0. The molecule has 0 fully saturated rings. The molecular weight excluding hydrogens is 296 g/mol. The number of ketones is 2. The first kappa shape index (κ1) is 14.3. The molecule has 0 N–H and O–H groups in total. The molecule has 0 saturated carbocycles. The van der Waals surface area contributed by atoms with Crippen molar-refractivity contribution in [3.05, 3.63) is 101 Å². The molecule has 0 bridgehead atoms. The van der Waals surface area contributed by atoms with Crippen molar-refractivity contribution < 1.29 is 9.59 Å². The molecule has 0 aromatic heterocycles. The second-order valence-corrected chi connectivity index (χ2v) is 5.75. The summed E-state index contributed by atoms with van der Waals surface area (Å²) in [5, 5.41) is 0. The van der Waals surface area contributed by atoms with E-state index in [2.05, 4.69) is 0 Å². The zero-order valence-corrected chi connectivity index (χ0v) is 12.9. The fraction of sp³-hybridized carbons (Fsp3) is 0. The van der Waals surface area contributed by atoms with Crippen molar-refractivity contribution in [2.45, 2.75) is 0 Å². The molecule has 3 aromatic carbocycles. The summed E-state index contributed by atoms with van der Waals surface area (Å²) in [5.74, 6) is -0.384. The molecule has 2 nitrogen and oxygen atoms in total. The lowest BCUT2D eigenvalue weighted by molar-refractivity contribution is 0.0990. The average Bonchev–Trinajstić information content (AvgIpc) is 2.88. The van der Waals surface area contributed by atoms with Crippen LogP contribution in [0.25, 0.3) is 17.2 Å². The van der Waals surface area contributed by atoms with E-state index in [1.165, 1.54) is 0 Å². The predicted octanol–water partition coefficient (Wildman–Crippen LogP) is 4.82. The lowest BCUT2D eigenvalue weighted by atomic mass is 10.0. The summed E-state index contributed by atoms with van der Waals surface area (Å²) in [5.41, 5.74) is 4.31. The number of hydrogen-bond acceptors (Lipinski definition) is 2. The summed E-state index contributed by atoms with van der Waals surface area (Å²) in [6.45, 7) is 0. The van der Waals surface area contributed by atoms with Gasteiger partial charge in [0.05, 0.1) is 5.57 Å². The third-order valence-electron chi connectivity index (χ3n) is 4.23. The zero-order chi connectivity index (χ0) is 16.5. The van der Waals surface area contributed by atoms with Crippen LogP contribution in [0.15, 0.2) is 84.4 Å². The molecule has 0 aliphatic heterocycles. The van der Waals surface area contributed by atoms with E-state index in [-0.39, 0.29) is 17.1 Å². The van der Waals surface area contributed by atoms with Gasteiger partial charge in [-0.1, -0.05) is 78.9 Å². The van der Waals surface area contributed by atoms with E-state index < -0.39 is 0 Å². The number of fused-ring (bicyclic) bond motifs is 1. The second-order valence-electron chi connectivity index (χ2n) is 5.75. The van der Waals surface area contributed by atoms with Crippen LogP contribution in [0.1, 0.15) is 26.3 Å². The van der Waals surface area contributed by atoms with Crippen molar-refractivity contribution in [3.63, 3.8) is 0 Å². The van der Waals surface area contributed by atoms with Gasteiger partial charge in [-0.05, 0) is 22.8 Å². The van der Waals surface area contributed by atoms with E-state index in [0.29, 0.717) is 11.1 Å². The monoisotopic (exact) mass is 310 g/mol. The minimum atomic E-state index is -0.192. The Labute approximate surface area is 140 Å². The van der Waals surface area contributed by atoms with Crippen LogP contribution in [0.3, 0.4) is 0 Å². The van der Waals surface area contributed by atoms with Gasteiger partial charge >= 0.3 is 0 Å². The van der Waals surface area contributed by atoms with E-state index in [0.717, 1.165) is 16.7 Å². The van der Waals surface area contributed by atoms with Crippen molar-refractivity contribution in [1.82, 2.24) is 0 Å². The second kappa shape index (κ2) is 5.74. The molecule has 1 aliphatic rings. The molecular formula is C22H14O2. The number of Topliss-reactive ketones (excluding diaryl/α,β-unsaturated/α-hetero) is 2. The van der Waals surface area contributed by atoms with Gasteiger partial charge in [0.15, 0.2) is 11.6 Å². The van der Waals surface area contributed by atoms with Gasteiger partial charge in [0, 0.05) is 11.1 Å². The van der Waals surface area contributed by atoms with Crippen molar-refractivity contribution in [2.24, 2.45) is 0 Å². The van der Waals surface area contributed by atoms with E-state index >= 15 is 0 Å². The Balaban J connectivity index is 1.68. The van der Waals surface area contributed by atoms with Crippen LogP contribution >= 0.6 is 0 Å². The quantitative estimate of drug-likeness (QED) is 0.502. The van der Waals surface area contributed by atoms with Gasteiger partial charge < -0.3 is 0 Å². The standard InChI is InChI=1S/C22H14O2/c23-21-18-8-4-5-9-19(18)22(24)20(21)14-15-10-12-17(13-11-15)16-6-2-1-3-7-16/h1-14H. The van der Waals surface area contributed by atoms with Gasteiger partial charge in [-0.3, -0.25) is 9.59 Å². The van der Waals surface area contributed by atoms with Crippen molar-refractivity contribution in [3.8, 4) is 11.1 Å². The summed E-state index contributed by atoms with van der Waals surface area (Å²) in [4.78, 5) is 24.8. The number of allylic oxidation sites excluding steroid dienone is 1. The maximum atomic E-state index is 12.4. The van der Waals surface area contributed by atoms with Gasteiger partial charge in [-0.25, -0.2) is 0 Å². The number of hydrogen-bond donors (Lipinski definition) is 0. The number of rotatable bonds is 2. The molecule has 3 aromatic rings. The van der Waals surface area contributed by atoms with Crippen LogP contribution in [0.2, 0.25) is 0 Å². The Morgan fingerprint density at radius 1 is 0.542 bits per heavy atom. The Kier molecular flexibility index (Phi) is 3.43. The summed E-state index contributed by atoms with van der Waals surface area (Å²) in [6, 6.07) is 24.9. The first-order valence-electron chi connectivity index (χ1n) is 7.79. The summed E-state index contributed by atoms with van der Waals surface area (Å²) < 4.78 is 0. The minimum absolute atomic E-state index is 0.192. The molecule has 24 heavy (non-hydrogen) atoms. The largest absolute Gasteiger partial charge is 0.288 e. The Morgan fingerprint density at radius 3 is 1.62 bits per heavy atom. The van der Waals surface area contributed by atoms with Crippen LogP contribution in [-0.2, 0) is 0 Å². The van der Waals surface area contributed by atoms with Crippen LogP contribution < -0.4 is 0 Å². The molecule has 0 saturated heterocycles. The maximum absolute atomic E-state index is 12.4. The van der Waals surface area contributed by atoms with E-state index in [9.17, 15) is 9.59 Å². The molecule has 1 aliphatic carbocycles. The number of carbonyl (C=O) groups is 2. The molecule has 0 spiro atoms. The molecule has 114 valence electrons. The van der Waals surface area contributed by atoms with Crippen LogP contribution in [-0.4, -0.2) is 11.6 Å². The Morgan fingerprint density at radius 2 is 1.04 bits per heavy atom. The molecule has 0 amide bonds. The van der Waals surface area contributed by atoms with E-state index in [1.54, 1.807) is 30.3 Å². The lowest BCUT2D eigenvalue weighted by Crippen LogP contribution is -2.00. The smallest absolute Gasteiger partial charge is 0.197 e. The van der Waals surface area contributed by atoms with Crippen LogP contribution in [0, 0.1) is 0 Å². The molecule has 0 heterocycles. The van der Waals surface area contributed by atoms with Crippen LogP contribution in [0.5, 0.6) is 0 Å². The molecule has 0 atom stereocenters. The minimum Gasteiger partial charge on any atom is -0.288 e. The van der Waals surface area contributed by atoms with Crippen molar-refractivity contribution in [2.75, 3.05) is 0 Å². The predicted molar refractivity (Wildman–Crippen MR) is 95.0 cm³/mol. The molecule has 0 unspecified atom stereocenters. The first-order chi connectivity index (χ1) is 11.7. The highest BCUT2D eigenvalue weighted by atomic mass is 16.2. The fourth-order valence-corrected chi connectivity index (χ4v) is 2.97. The molecule has 2 heteroatoms. The third kappa shape index (κ3) is 2.38. The first-order valence-corrected chi connectivity index (χ1v) is 7.79. The number of carbonyl (C=O) groups excluding carboxylic acids is 2. The van der Waals surface area contributed by atoms with Gasteiger partial charge in [0.25, 0.3) is 0 Å². The Bertz CT molecular complexity index is 927. The number of benzene rings is 3. The molecule has 0 radical (unpaired) electrons. The van der Waals surface area contributed by atoms with Gasteiger partial charge in [-0.2, -0.15) is 0 Å². The van der Waals surface area contributed by atoms with Crippen molar-refractivity contribution >= 4 is 17.6 Å². The highest BCUT2D eigenvalue weighted by molar-refractivity contribution is 6.41. The fourth-order valence-electron chi connectivity index (χ4n) is 2.97. The van der Waals surface area contributed by atoms with E-state index in [1.807, 2.05) is 54.6 Å². The van der Waals surface area contributed by atoms with Crippen LogP contribution in [0.4, 0.5) is 0 Å². The molecule has 4 rings (SSSR count). The highest BCUT2D eigenvalue weighted by Crippen LogP contribution is 2.28. The normalized spacial score (nSPS) is 13.1. The average molecular weight is 310 g/mol. The summed E-state index contributed by atoms with van der Waals surface area (Å²) >= 11 is 0. The Hall–Kier alpha value is -3.26. The SMILES string of the molecule is O=C1C(=Cc2ccc(-c3ccccc3)cc2)C(=O)c2ccccc21. The van der Waals surface area contributed by atoms with Gasteiger partial charge in [-0.15, -0.1) is 0 Å². The van der Waals surface area contributed by atoms with Crippen molar-refractivity contribution in [1.29, 1.82) is 0 Å². The third-order valence-corrected chi connectivity index (χ3v) is 4.23. The summed E-state index contributed by atoms with van der Waals surface area (Å²) in [6.07, 6.45) is 1.68. The lowest BCUT2D eigenvalue weighted by Gasteiger charge is -2.02. The van der Waals surface area contributed by atoms with E-state index in [4.69, 9.17) is 0 Å². The zero-order valence-electron chi connectivity index (χ0n) is 12.9.